The van der Waals surface area contributed by atoms with E-state index < -0.39 is 17.7 Å². The second-order valence-electron chi connectivity index (χ2n) is 9.16. The maximum absolute atomic E-state index is 11.8. The van der Waals surface area contributed by atoms with Gasteiger partial charge in [0.05, 0.1) is 13.7 Å². The van der Waals surface area contributed by atoms with Gasteiger partial charge in [0.1, 0.15) is 11.6 Å². The fourth-order valence-corrected chi connectivity index (χ4v) is 4.96. The zero-order valence-electron chi connectivity index (χ0n) is 19.5. The van der Waals surface area contributed by atoms with Crippen molar-refractivity contribution in [1.29, 1.82) is 0 Å². The highest BCUT2D eigenvalue weighted by molar-refractivity contribution is 9.09. The highest BCUT2D eigenvalue weighted by Gasteiger charge is 2.43. The first-order valence-corrected chi connectivity index (χ1v) is 12.8. The average Bonchev–Trinajstić information content (AvgIpc) is 3.43. The van der Waals surface area contributed by atoms with Crippen LogP contribution in [-0.2, 0) is 14.3 Å². The van der Waals surface area contributed by atoms with Crippen LogP contribution in [0.5, 0.6) is 0 Å². The van der Waals surface area contributed by atoms with Crippen molar-refractivity contribution in [2.75, 3.05) is 44.6 Å². The number of methoxy groups -OCH3 is 1. The molecule has 0 aliphatic carbocycles. The number of likely N-dealkylation sites (tertiary alicyclic amines) is 1. The van der Waals surface area contributed by atoms with Crippen molar-refractivity contribution in [3.63, 3.8) is 0 Å². The fourth-order valence-electron chi connectivity index (χ4n) is 4.22. The summed E-state index contributed by atoms with van der Waals surface area (Å²) >= 11 is 8.50. The molecule has 0 aromatic heterocycles. The summed E-state index contributed by atoms with van der Waals surface area (Å²) in [6.45, 7) is 8.78. The molecule has 0 aromatic rings. The van der Waals surface area contributed by atoms with Gasteiger partial charge < -0.3 is 14.6 Å². The molecule has 3 saturated heterocycles. The van der Waals surface area contributed by atoms with Crippen molar-refractivity contribution in [3.05, 3.63) is 0 Å². The second kappa shape index (κ2) is 13.9. The molecule has 1 amide bonds. The Morgan fingerprint density at radius 3 is 2.16 bits per heavy atom. The summed E-state index contributed by atoms with van der Waals surface area (Å²) in [6.07, 6.45) is 7.11. The van der Waals surface area contributed by atoms with Gasteiger partial charge in [0, 0.05) is 23.3 Å². The molecule has 0 spiro atoms. The highest BCUT2D eigenvalue weighted by Crippen LogP contribution is 2.37. The lowest BCUT2D eigenvalue weighted by molar-refractivity contribution is -0.145. The van der Waals surface area contributed by atoms with Crippen LogP contribution in [0.25, 0.3) is 0 Å². The second-order valence-corrected chi connectivity index (χ2v) is 10.3. The fraction of sp³-hybridized carbons (Fsp3) is 0.909. The van der Waals surface area contributed by atoms with Gasteiger partial charge in [-0.15, -0.1) is 11.6 Å². The van der Waals surface area contributed by atoms with Crippen molar-refractivity contribution in [2.45, 2.75) is 82.9 Å². The van der Waals surface area contributed by atoms with Crippen LogP contribution >= 0.6 is 27.5 Å². The molecule has 3 aliphatic rings. The van der Waals surface area contributed by atoms with Crippen LogP contribution in [0.3, 0.4) is 0 Å². The monoisotopic (exact) mass is 526 g/mol. The first-order valence-electron chi connectivity index (χ1n) is 11.2. The maximum atomic E-state index is 11.8. The van der Waals surface area contributed by atoms with Gasteiger partial charge >= 0.3 is 12.1 Å². The molecule has 1 atom stereocenters. The topological polar surface area (TPSA) is 79.3 Å². The number of hydrogen-bond donors (Lipinski definition) is 1. The molecule has 0 aromatic carbocycles. The Hall–Kier alpha value is -0.570. The zero-order valence-corrected chi connectivity index (χ0v) is 21.8. The van der Waals surface area contributed by atoms with Crippen LogP contribution < -0.4 is 0 Å². The molecule has 3 heterocycles. The number of carbonyl (C=O) groups is 2. The number of ether oxygens (including phenoxy) is 2. The summed E-state index contributed by atoms with van der Waals surface area (Å²) < 4.78 is 9.88. The van der Waals surface area contributed by atoms with Gasteiger partial charge in [-0.2, -0.15) is 0 Å². The molecule has 0 saturated carbocycles. The molecule has 0 radical (unpaired) electrons. The van der Waals surface area contributed by atoms with Crippen LogP contribution in [-0.4, -0.2) is 88.7 Å². The number of aliphatic hydroxyl groups is 1. The van der Waals surface area contributed by atoms with E-state index in [9.17, 15) is 14.7 Å². The first-order chi connectivity index (χ1) is 14.6. The van der Waals surface area contributed by atoms with Gasteiger partial charge in [-0.1, -0.05) is 15.9 Å². The highest BCUT2D eigenvalue weighted by atomic mass is 79.9. The maximum Gasteiger partial charge on any atom is 0.411 e. The Morgan fingerprint density at radius 2 is 1.77 bits per heavy atom. The number of rotatable bonds is 4. The molecule has 182 valence electrons. The summed E-state index contributed by atoms with van der Waals surface area (Å²) in [4.78, 5) is 27.1. The number of hydrogen-bond acceptors (Lipinski definition) is 6. The third-order valence-electron chi connectivity index (χ3n) is 5.73. The van der Waals surface area contributed by atoms with E-state index in [-0.39, 0.29) is 11.5 Å². The molecule has 7 nitrogen and oxygen atoms in total. The van der Waals surface area contributed by atoms with E-state index in [0.717, 1.165) is 24.1 Å². The standard InChI is InChI=1S/C11H19NO4.C8H15NO.C3H6BrCl/c1-11(2,3)16-10(14)12-7-5-6-8(12)9(13)15-4;10-7-8-3-1-5-9(8)6-2-4-8;4-2-1-3-5/h8H,5-7H2,1-4H3;10H,1-7H2;1-3H2. The summed E-state index contributed by atoms with van der Waals surface area (Å²) in [5, 5.41) is 10.2. The molecule has 3 rings (SSSR count). The molecule has 1 unspecified atom stereocenters. The Morgan fingerprint density at radius 1 is 1.16 bits per heavy atom. The SMILES string of the molecule is COC(=O)C1CCCN1C(=O)OC(C)(C)C.ClCCCBr.OCC12CCCN1CCC2. The van der Waals surface area contributed by atoms with Crippen molar-refractivity contribution in [3.8, 4) is 0 Å². The molecule has 9 heteroatoms. The number of nitrogens with zero attached hydrogens (tertiary/aromatic N) is 2. The Bertz CT molecular complexity index is 547. The van der Waals surface area contributed by atoms with Crippen molar-refractivity contribution >= 4 is 39.6 Å². The van der Waals surface area contributed by atoms with E-state index >= 15 is 0 Å². The average molecular weight is 528 g/mol. The minimum atomic E-state index is -0.541. The summed E-state index contributed by atoms with van der Waals surface area (Å²) in [5.41, 5.74) is -0.305. The van der Waals surface area contributed by atoms with E-state index in [4.69, 9.17) is 16.3 Å². The predicted molar refractivity (Wildman–Crippen MR) is 127 cm³/mol. The molecular weight excluding hydrogens is 488 g/mol. The van der Waals surface area contributed by atoms with Gasteiger partial charge in [-0.25, -0.2) is 9.59 Å². The lowest BCUT2D eigenvalue weighted by Gasteiger charge is -2.29. The molecule has 3 aliphatic heterocycles. The number of halogens is 2. The van der Waals surface area contributed by atoms with Crippen molar-refractivity contribution < 1.29 is 24.2 Å². The summed E-state index contributed by atoms with van der Waals surface area (Å²) in [7, 11) is 1.33. The van der Waals surface area contributed by atoms with Crippen LogP contribution in [0.4, 0.5) is 4.79 Å². The smallest absolute Gasteiger partial charge is 0.411 e. The van der Waals surface area contributed by atoms with Crippen molar-refractivity contribution in [2.24, 2.45) is 0 Å². The molecule has 31 heavy (non-hydrogen) atoms. The first kappa shape index (κ1) is 28.5. The van der Waals surface area contributed by atoms with E-state index in [2.05, 4.69) is 25.6 Å². The van der Waals surface area contributed by atoms with Crippen LogP contribution in [0, 0.1) is 0 Å². The van der Waals surface area contributed by atoms with E-state index in [1.165, 1.54) is 50.8 Å². The lowest BCUT2D eigenvalue weighted by Crippen LogP contribution is -2.43. The van der Waals surface area contributed by atoms with Gasteiger partial charge in [-0.05, 0) is 78.8 Å². The third kappa shape index (κ3) is 9.06. The largest absolute Gasteiger partial charge is 0.467 e. The van der Waals surface area contributed by atoms with E-state index in [0.29, 0.717) is 19.6 Å². The quantitative estimate of drug-likeness (QED) is 0.436. The van der Waals surface area contributed by atoms with Gasteiger partial charge in [0.2, 0.25) is 0 Å². The van der Waals surface area contributed by atoms with Gasteiger partial charge in [0.15, 0.2) is 0 Å². The molecule has 0 bridgehead atoms. The molecule has 3 fully saturated rings. The molecular formula is C22H40BrClN2O5. The van der Waals surface area contributed by atoms with Gasteiger partial charge in [0.25, 0.3) is 0 Å². The Kier molecular flexibility index (Phi) is 12.7. The number of amides is 1. The number of carbonyl (C=O) groups excluding carboxylic acids is 2. The number of esters is 1. The van der Waals surface area contributed by atoms with Crippen LogP contribution in [0.15, 0.2) is 0 Å². The summed E-state index contributed by atoms with van der Waals surface area (Å²) in [6, 6.07) is -0.486. The van der Waals surface area contributed by atoms with Crippen LogP contribution in [0.1, 0.15) is 65.7 Å². The Balaban J connectivity index is 0.000000270. The number of alkyl halides is 2. The number of aliphatic hydroxyl groups excluding tert-OH is 1. The van der Waals surface area contributed by atoms with Crippen LogP contribution in [0.2, 0.25) is 0 Å². The Labute approximate surface area is 200 Å². The van der Waals surface area contributed by atoms with E-state index in [1.807, 2.05) is 0 Å². The number of fused-ring (bicyclic) bond motifs is 1. The minimum Gasteiger partial charge on any atom is -0.467 e. The lowest BCUT2D eigenvalue weighted by atomic mass is 9.96. The predicted octanol–water partition coefficient (Wildman–Crippen LogP) is 4.18. The van der Waals surface area contributed by atoms with E-state index in [1.54, 1.807) is 20.8 Å². The minimum absolute atomic E-state index is 0.236. The zero-order chi connectivity index (χ0) is 23.5. The van der Waals surface area contributed by atoms with Crippen molar-refractivity contribution in [1.82, 2.24) is 9.80 Å². The summed E-state index contributed by atoms with van der Waals surface area (Å²) in [5.74, 6) is 0.397. The normalized spacial score (nSPS) is 22.0. The molecule has 1 N–H and O–H groups in total. The third-order valence-corrected chi connectivity index (χ3v) is 6.55. The van der Waals surface area contributed by atoms with Gasteiger partial charge in [-0.3, -0.25) is 9.80 Å².